The van der Waals surface area contributed by atoms with E-state index in [4.69, 9.17) is 4.98 Å². The molecule has 0 bridgehead atoms. The lowest BCUT2D eigenvalue weighted by Crippen LogP contribution is -2.15. The van der Waals surface area contributed by atoms with E-state index in [2.05, 4.69) is 47.9 Å². The largest absolute Gasteiger partial charge is 0.347 e. The normalized spacial score (nSPS) is 12.6. The fourth-order valence-corrected chi connectivity index (χ4v) is 3.92. The van der Waals surface area contributed by atoms with Crippen molar-refractivity contribution in [1.82, 2.24) is 10.3 Å². The second-order valence-electron chi connectivity index (χ2n) is 5.13. The number of thiazole rings is 1. The monoisotopic (exact) mass is 309 g/mol. The van der Waals surface area contributed by atoms with E-state index in [1.54, 1.807) is 11.3 Å². The SMILES string of the molecule is CCC(C)c1nc(N(C)Cc2ccsc2)sc1CNC. The summed E-state index contributed by atoms with van der Waals surface area (Å²) >= 11 is 3.56. The van der Waals surface area contributed by atoms with Crippen LogP contribution in [0.1, 0.15) is 42.3 Å². The van der Waals surface area contributed by atoms with E-state index in [0.29, 0.717) is 5.92 Å². The molecule has 0 aliphatic carbocycles. The Balaban J connectivity index is 2.18. The van der Waals surface area contributed by atoms with Crippen molar-refractivity contribution in [3.63, 3.8) is 0 Å². The summed E-state index contributed by atoms with van der Waals surface area (Å²) in [4.78, 5) is 8.51. The van der Waals surface area contributed by atoms with E-state index in [0.717, 1.165) is 24.6 Å². The Morgan fingerprint density at radius 2 is 2.25 bits per heavy atom. The highest BCUT2D eigenvalue weighted by atomic mass is 32.1. The zero-order valence-electron chi connectivity index (χ0n) is 12.6. The van der Waals surface area contributed by atoms with E-state index >= 15 is 0 Å². The molecule has 0 saturated heterocycles. The van der Waals surface area contributed by atoms with Crippen LogP contribution < -0.4 is 10.2 Å². The standard InChI is InChI=1S/C15H23N3S2/c1-5-11(2)14-13(8-16-3)20-15(17-14)18(4)9-12-6-7-19-10-12/h6-7,10-11,16H,5,8-9H2,1-4H3. The Morgan fingerprint density at radius 1 is 1.45 bits per heavy atom. The van der Waals surface area contributed by atoms with Crippen molar-refractivity contribution < 1.29 is 0 Å². The zero-order chi connectivity index (χ0) is 14.5. The highest BCUT2D eigenvalue weighted by Gasteiger charge is 2.17. The van der Waals surface area contributed by atoms with E-state index < -0.39 is 0 Å². The van der Waals surface area contributed by atoms with Crippen LogP contribution in [0.2, 0.25) is 0 Å². The number of hydrogen-bond acceptors (Lipinski definition) is 5. The van der Waals surface area contributed by atoms with Gasteiger partial charge in [-0.15, -0.1) is 11.3 Å². The molecule has 3 nitrogen and oxygen atoms in total. The molecule has 0 amide bonds. The first kappa shape index (κ1) is 15.5. The van der Waals surface area contributed by atoms with Crippen molar-refractivity contribution in [2.24, 2.45) is 0 Å². The summed E-state index contributed by atoms with van der Waals surface area (Å²) in [7, 11) is 4.12. The maximum absolute atomic E-state index is 4.89. The third kappa shape index (κ3) is 3.59. The van der Waals surface area contributed by atoms with Crippen LogP contribution in [0.3, 0.4) is 0 Å². The van der Waals surface area contributed by atoms with E-state index in [-0.39, 0.29) is 0 Å². The Hall–Kier alpha value is -0.910. The van der Waals surface area contributed by atoms with Gasteiger partial charge in [0.05, 0.1) is 5.69 Å². The Labute approximate surface area is 129 Å². The third-order valence-electron chi connectivity index (χ3n) is 3.46. The molecule has 0 aromatic carbocycles. The van der Waals surface area contributed by atoms with Gasteiger partial charge in [-0.3, -0.25) is 0 Å². The summed E-state index contributed by atoms with van der Waals surface area (Å²) in [6, 6.07) is 2.18. The van der Waals surface area contributed by atoms with Crippen LogP contribution in [0.15, 0.2) is 16.8 Å². The molecule has 2 heterocycles. The van der Waals surface area contributed by atoms with E-state index in [1.807, 2.05) is 18.4 Å². The van der Waals surface area contributed by atoms with E-state index in [9.17, 15) is 0 Å². The summed E-state index contributed by atoms with van der Waals surface area (Å²) < 4.78 is 0. The van der Waals surface area contributed by atoms with Crippen LogP contribution in [0.25, 0.3) is 0 Å². The molecule has 0 saturated carbocycles. The molecule has 0 radical (unpaired) electrons. The quantitative estimate of drug-likeness (QED) is 0.835. The van der Waals surface area contributed by atoms with Gasteiger partial charge in [-0.05, 0) is 41.8 Å². The first-order valence-corrected chi connectivity index (χ1v) is 8.78. The predicted molar refractivity (Wildman–Crippen MR) is 90.0 cm³/mol. The second kappa shape index (κ2) is 7.20. The van der Waals surface area contributed by atoms with Crippen LogP contribution in [-0.2, 0) is 13.1 Å². The number of hydrogen-bond donors (Lipinski definition) is 1. The number of thiophene rings is 1. The first-order chi connectivity index (χ1) is 9.65. The highest BCUT2D eigenvalue weighted by Crippen LogP contribution is 2.32. The van der Waals surface area contributed by atoms with Crippen molar-refractivity contribution in [2.45, 2.75) is 39.3 Å². The molecule has 2 rings (SSSR count). The fraction of sp³-hybridized carbons (Fsp3) is 0.533. The van der Waals surface area contributed by atoms with Crippen molar-refractivity contribution in [3.8, 4) is 0 Å². The average Bonchev–Trinajstić information content (AvgIpc) is 3.08. The lowest BCUT2D eigenvalue weighted by atomic mass is 10.0. The van der Waals surface area contributed by atoms with Crippen molar-refractivity contribution in [1.29, 1.82) is 0 Å². The van der Waals surface area contributed by atoms with Crippen LogP contribution in [0.4, 0.5) is 5.13 Å². The topological polar surface area (TPSA) is 28.2 Å². The number of aromatic nitrogens is 1. The van der Waals surface area contributed by atoms with Gasteiger partial charge in [-0.25, -0.2) is 4.98 Å². The predicted octanol–water partition coefficient (Wildman–Crippen LogP) is 4.07. The molecular weight excluding hydrogens is 286 g/mol. The minimum atomic E-state index is 0.526. The number of nitrogens with zero attached hydrogens (tertiary/aromatic N) is 2. The molecule has 0 aliphatic rings. The van der Waals surface area contributed by atoms with Crippen molar-refractivity contribution in [2.75, 3.05) is 19.0 Å². The van der Waals surface area contributed by atoms with Crippen LogP contribution in [0.5, 0.6) is 0 Å². The fourth-order valence-electron chi connectivity index (χ4n) is 2.10. The van der Waals surface area contributed by atoms with Crippen LogP contribution >= 0.6 is 22.7 Å². The Morgan fingerprint density at radius 3 is 2.85 bits per heavy atom. The number of anilines is 1. The minimum absolute atomic E-state index is 0.526. The summed E-state index contributed by atoms with van der Waals surface area (Å²) in [5.74, 6) is 0.526. The molecule has 0 fully saturated rings. The van der Waals surface area contributed by atoms with Gasteiger partial charge in [0.2, 0.25) is 0 Å². The van der Waals surface area contributed by atoms with Crippen LogP contribution in [-0.4, -0.2) is 19.1 Å². The van der Waals surface area contributed by atoms with Gasteiger partial charge in [-0.2, -0.15) is 11.3 Å². The molecule has 2 aromatic heterocycles. The first-order valence-electron chi connectivity index (χ1n) is 7.02. The Bertz CT molecular complexity index is 519. The summed E-state index contributed by atoms with van der Waals surface area (Å²) in [5, 5.41) is 8.71. The molecule has 110 valence electrons. The average molecular weight is 310 g/mol. The molecule has 0 aliphatic heterocycles. The van der Waals surface area contributed by atoms with Crippen molar-refractivity contribution in [3.05, 3.63) is 33.0 Å². The van der Waals surface area contributed by atoms with Crippen molar-refractivity contribution >= 4 is 27.8 Å². The van der Waals surface area contributed by atoms with Gasteiger partial charge in [0.1, 0.15) is 0 Å². The lowest BCUT2D eigenvalue weighted by molar-refractivity contribution is 0.692. The Kier molecular flexibility index (Phi) is 5.57. The van der Waals surface area contributed by atoms with Gasteiger partial charge < -0.3 is 10.2 Å². The summed E-state index contributed by atoms with van der Waals surface area (Å²) in [6.45, 7) is 6.32. The van der Waals surface area contributed by atoms with Gasteiger partial charge >= 0.3 is 0 Å². The van der Waals surface area contributed by atoms with Gasteiger partial charge in [0.25, 0.3) is 0 Å². The molecule has 2 aromatic rings. The number of nitrogens with one attached hydrogen (secondary N) is 1. The lowest BCUT2D eigenvalue weighted by Gasteiger charge is -2.14. The third-order valence-corrected chi connectivity index (χ3v) is 5.38. The zero-order valence-corrected chi connectivity index (χ0v) is 14.3. The maximum Gasteiger partial charge on any atom is 0.185 e. The highest BCUT2D eigenvalue weighted by molar-refractivity contribution is 7.15. The molecule has 1 N–H and O–H groups in total. The van der Waals surface area contributed by atoms with Gasteiger partial charge in [-0.1, -0.05) is 13.8 Å². The molecular formula is C15H23N3S2. The second-order valence-corrected chi connectivity index (χ2v) is 6.97. The molecule has 20 heavy (non-hydrogen) atoms. The minimum Gasteiger partial charge on any atom is -0.347 e. The maximum atomic E-state index is 4.89. The molecule has 1 unspecified atom stereocenters. The van der Waals surface area contributed by atoms with Gasteiger partial charge in [0, 0.05) is 25.0 Å². The van der Waals surface area contributed by atoms with Crippen LogP contribution in [0, 0.1) is 0 Å². The summed E-state index contributed by atoms with van der Waals surface area (Å²) in [6.07, 6.45) is 1.13. The summed E-state index contributed by atoms with van der Waals surface area (Å²) in [5.41, 5.74) is 2.62. The van der Waals surface area contributed by atoms with E-state index in [1.165, 1.54) is 16.1 Å². The number of rotatable bonds is 7. The van der Waals surface area contributed by atoms with Gasteiger partial charge in [0.15, 0.2) is 5.13 Å². The molecule has 0 spiro atoms. The molecule has 1 atom stereocenters. The molecule has 5 heteroatoms. The smallest absolute Gasteiger partial charge is 0.185 e.